The molecule has 1 N–H and O–H groups in total. The molecule has 1 saturated heterocycles. The molecule has 1 fully saturated rings. The minimum absolute atomic E-state index is 0.105. The van der Waals surface area contributed by atoms with Gasteiger partial charge in [0.25, 0.3) is 5.91 Å². The van der Waals surface area contributed by atoms with E-state index in [1.807, 2.05) is 12.1 Å². The molecule has 2 aromatic carbocycles. The zero-order chi connectivity index (χ0) is 27.1. The van der Waals surface area contributed by atoms with Gasteiger partial charge < -0.3 is 19.9 Å². The number of amides is 3. The number of carbonyl (C=O) groups excluding carboxylic acids is 3. The molecule has 0 radical (unpaired) electrons. The SMILES string of the molecule is CCOC(=O)CCNC(=O)N1CCN(C(=O)c2ccc(CS(=O)(=O)c3cccc4cccnc34)cc2)CC1. The Hall–Kier alpha value is -3.99. The highest BCUT2D eigenvalue weighted by molar-refractivity contribution is 7.90. The summed E-state index contributed by atoms with van der Waals surface area (Å²) in [4.78, 5) is 44.4. The molecule has 3 aromatic rings. The molecule has 1 aliphatic heterocycles. The Morgan fingerprint density at radius 3 is 2.34 bits per heavy atom. The van der Waals surface area contributed by atoms with E-state index in [1.165, 1.54) is 0 Å². The predicted octanol–water partition coefficient (Wildman–Crippen LogP) is 2.63. The van der Waals surface area contributed by atoms with E-state index in [0.717, 1.165) is 5.39 Å². The van der Waals surface area contributed by atoms with Crippen molar-refractivity contribution in [3.63, 3.8) is 0 Å². The smallest absolute Gasteiger partial charge is 0.317 e. The number of aromatic nitrogens is 1. The normalized spacial score (nSPS) is 13.8. The number of nitrogens with zero attached hydrogens (tertiary/aromatic N) is 3. The summed E-state index contributed by atoms with van der Waals surface area (Å²) in [5.74, 6) is -0.751. The van der Waals surface area contributed by atoms with E-state index in [2.05, 4.69) is 10.3 Å². The molecule has 0 bridgehead atoms. The van der Waals surface area contributed by atoms with E-state index in [1.54, 1.807) is 65.4 Å². The second-order valence-corrected chi connectivity index (χ2v) is 10.8. The maximum atomic E-state index is 13.1. The molecule has 2 heterocycles. The quantitative estimate of drug-likeness (QED) is 0.437. The number of benzene rings is 2. The third kappa shape index (κ3) is 6.46. The van der Waals surface area contributed by atoms with Crippen molar-refractivity contribution in [2.75, 3.05) is 39.3 Å². The maximum absolute atomic E-state index is 13.1. The third-order valence-electron chi connectivity index (χ3n) is 6.25. The lowest BCUT2D eigenvalue weighted by Gasteiger charge is -2.34. The Bertz CT molecular complexity index is 1410. The number of rotatable bonds is 8. The molecule has 10 nitrogen and oxygen atoms in total. The molecule has 11 heteroatoms. The molecule has 1 aliphatic rings. The van der Waals surface area contributed by atoms with Crippen LogP contribution in [0.5, 0.6) is 0 Å². The fourth-order valence-electron chi connectivity index (χ4n) is 4.28. The number of fused-ring (bicyclic) bond motifs is 1. The molecule has 0 saturated carbocycles. The van der Waals surface area contributed by atoms with Gasteiger partial charge in [-0.15, -0.1) is 0 Å². The molecule has 0 unspecified atom stereocenters. The first-order chi connectivity index (χ1) is 18.3. The maximum Gasteiger partial charge on any atom is 0.317 e. The first-order valence-corrected chi connectivity index (χ1v) is 14.1. The van der Waals surface area contributed by atoms with Crippen molar-refractivity contribution in [3.05, 3.63) is 71.9 Å². The van der Waals surface area contributed by atoms with Crippen LogP contribution in [0.15, 0.2) is 65.7 Å². The standard InChI is InChI=1S/C27H30N4O6S/c1-2-37-24(32)12-14-29-27(34)31-17-15-30(16-18-31)26(33)22-10-8-20(9-11-22)19-38(35,36)23-7-3-5-21-6-4-13-28-25(21)23/h3-11,13H,2,12,14-19H2,1H3,(H,29,34). The number of carbonyl (C=O) groups is 3. The Morgan fingerprint density at radius 2 is 1.63 bits per heavy atom. The van der Waals surface area contributed by atoms with Crippen LogP contribution in [0.4, 0.5) is 4.79 Å². The number of nitrogens with one attached hydrogen (secondary N) is 1. The van der Waals surface area contributed by atoms with Crippen molar-refractivity contribution >= 4 is 38.6 Å². The van der Waals surface area contributed by atoms with Crippen LogP contribution >= 0.6 is 0 Å². The molecule has 4 rings (SSSR count). The Labute approximate surface area is 221 Å². The number of hydrogen-bond donors (Lipinski definition) is 1. The molecule has 0 spiro atoms. The fourth-order valence-corrected chi connectivity index (χ4v) is 5.82. The summed E-state index contributed by atoms with van der Waals surface area (Å²) >= 11 is 0. The minimum atomic E-state index is -3.65. The summed E-state index contributed by atoms with van der Waals surface area (Å²) in [5.41, 5.74) is 1.46. The highest BCUT2D eigenvalue weighted by atomic mass is 32.2. The lowest BCUT2D eigenvalue weighted by molar-refractivity contribution is -0.142. The number of sulfone groups is 1. The van der Waals surface area contributed by atoms with Gasteiger partial charge in [-0.05, 0) is 36.8 Å². The van der Waals surface area contributed by atoms with Crippen LogP contribution in [0.2, 0.25) is 0 Å². The second kappa shape index (κ2) is 12.0. The summed E-state index contributed by atoms with van der Waals surface area (Å²) in [6, 6.07) is 14.9. The molecule has 38 heavy (non-hydrogen) atoms. The van der Waals surface area contributed by atoms with Crippen LogP contribution in [0.25, 0.3) is 10.9 Å². The average molecular weight is 539 g/mol. The summed E-state index contributed by atoms with van der Waals surface area (Å²) < 4.78 is 31.1. The van der Waals surface area contributed by atoms with Crippen molar-refractivity contribution < 1.29 is 27.5 Å². The first kappa shape index (κ1) is 27.1. The Kier molecular flexibility index (Phi) is 8.57. The van der Waals surface area contributed by atoms with Crippen molar-refractivity contribution in [1.82, 2.24) is 20.1 Å². The van der Waals surface area contributed by atoms with Crippen LogP contribution in [0.3, 0.4) is 0 Å². The molecule has 3 amide bonds. The number of ether oxygens (including phenoxy) is 1. The Balaban J connectivity index is 1.31. The van der Waals surface area contributed by atoms with Gasteiger partial charge in [-0.1, -0.05) is 30.3 Å². The van der Waals surface area contributed by atoms with E-state index in [9.17, 15) is 22.8 Å². The predicted molar refractivity (Wildman–Crippen MR) is 141 cm³/mol. The van der Waals surface area contributed by atoms with Gasteiger partial charge in [0.15, 0.2) is 9.84 Å². The third-order valence-corrected chi connectivity index (χ3v) is 7.97. The molecule has 200 valence electrons. The van der Waals surface area contributed by atoms with E-state index >= 15 is 0 Å². The second-order valence-electron chi connectivity index (χ2n) is 8.85. The number of para-hydroxylation sites is 1. The first-order valence-electron chi connectivity index (χ1n) is 12.4. The van der Waals surface area contributed by atoms with E-state index in [4.69, 9.17) is 4.74 Å². The van der Waals surface area contributed by atoms with Gasteiger partial charge >= 0.3 is 12.0 Å². The van der Waals surface area contributed by atoms with Gasteiger partial charge in [-0.3, -0.25) is 14.6 Å². The number of urea groups is 1. The van der Waals surface area contributed by atoms with Crippen LogP contribution < -0.4 is 5.32 Å². The van der Waals surface area contributed by atoms with Crippen molar-refractivity contribution in [1.29, 1.82) is 0 Å². The summed E-state index contributed by atoms with van der Waals surface area (Å²) in [6.07, 6.45) is 1.67. The monoisotopic (exact) mass is 538 g/mol. The topological polar surface area (TPSA) is 126 Å². The Morgan fingerprint density at radius 1 is 0.947 bits per heavy atom. The molecule has 0 aliphatic carbocycles. The van der Waals surface area contributed by atoms with Gasteiger partial charge in [0.1, 0.15) is 0 Å². The zero-order valence-electron chi connectivity index (χ0n) is 21.1. The molecule has 1 aromatic heterocycles. The van der Waals surface area contributed by atoms with E-state index in [-0.39, 0.29) is 41.5 Å². The van der Waals surface area contributed by atoms with Crippen LogP contribution in [0.1, 0.15) is 29.3 Å². The summed E-state index contributed by atoms with van der Waals surface area (Å²) in [5, 5.41) is 3.45. The van der Waals surface area contributed by atoms with Crippen molar-refractivity contribution in [2.24, 2.45) is 0 Å². The molecular formula is C27H30N4O6S. The highest BCUT2D eigenvalue weighted by Crippen LogP contribution is 2.24. The number of esters is 1. The van der Waals surface area contributed by atoms with Gasteiger partial charge in [0.2, 0.25) is 0 Å². The van der Waals surface area contributed by atoms with Crippen LogP contribution in [0, 0.1) is 0 Å². The minimum Gasteiger partial charge on any atom is -0.466 e. The molecule has 0 atom stereocenters. The van der Waals surface area contributed by atoms with E-state index in [0.29, 0.717) is 49.4 Å². The number of pyridine rings is 1. The zero-order valence-corrected chi connectivity index (χ0v) is 21.9. The van der Waals surface area contributed by atoms with Crippen molar-refractivity contribution in [2.45, 2.75) is 24.0 Å². The van der Waals surface area contributed by atoms with Gasteiger partial charge in [0.05, 0.1) is 29.2 Å². The summed E-state index contributed by atoms with van der Waals surface area (Å²) in [6.45, 7) is 3.69. The summed E-state index contributed by atoms with van der Waals surface area (Å²) in [7, 11) is -3.65. The highest BCUT2D eigenvalue weighted by Gasteiger charge is 2.25. The van der Waals surface area contributed by atoms with Crippen molar-refractivity contribution in [3.8, 4) is 0 Å². The van der Waals surface area contributed by atoms with E-state index < -0.39 is 9.84 Å². The van der Waals surface area contributed by atoms with Gasteiger partial charge in [0, 0.05) is 49.9 Å². The lowest BCUT2D eigenvalue weighted by Crippen LogP contribution is -2.53. The molecular weight excluding hydrogens is 508 g/mol. The average Bonchev–Trinajstić information content (AvgIpc) is 2.92. The largest absolute Gasteiger partial charge is 0.466 e. The van der Waals surface area contributed by atoms with Gasteiger partial charge in [-0.25, -0.2) is 13.2 Å². The number of hydrogen-bond acceptors (Lipinski definition) is 7. The van der Waals surface area contributed by atoms with Crippen LogP contribution in [-0.4, -0.2) is 80.4 Å². The number of piperazine rings is 1. The lowest BCUT2D eigenvalue weighted by atomic mass is 10.1. The van der Waals surface area contributed by atoms with Crippen LogP contribution in [-0.2, 0) is 25.1 Å². The fraction of sp³-hybridized carbons (Fsp3) is 0.333. The van der Waals surface area contributed by atoms with Gasteiger partial charge in [-0.2, -0.15) is 0 Å².